The molecule has 0 aromatic rings. The molecule has 0 aromatic carbocycles. The molecule has 6 saturated carbocycles. The van der Waals surface area contributed by atoms with Crippen LogP contribution < -0.4 is 0 Å². The fourth-order valence-corrected chi connectivity index (χ4v) is 11.0. The van der Waals surface area contributed by atoms with Gasteiger partial charge in [-0.2, -0.15) is 0 Å². The van der Waals surface area contributed by atoms with E-state index in [1.165, 1.54) is 6.92 Å². The zero-order valence-electron chi connectivity index (χ0n) is 16.5. The van der Waals surface area contributed by atoms with E-state index in [0.717, 1.165) is 25.0 Å². The summed E-state index contributed by atoms with van der Waals surface area (Å²) in [6, 6.07) is 0.245. The summed E-state index contributed by atoms with van der Waals surface area (Å²) in [4.78, 5) is 14.3. The topological polar surface area (TPSA) is 90.2 Å². The van der Waals surface area contributed by atoms with E-state index in [1.807, 2.05) is 0 Å². The molecule has 28 heavy (non-hydrogen) atoms. The van der Waals surface area contributed by atoms with Crippen molar-refractivity contribution in [1.82, 2.24) is 4.90 Å². The molecule has 9 fully saturated rings. The van der Waals surface area contributed by atoms with E-state index in [2.05, 4.69) is 18.4 Å². The molecule has 9 rings (SSSR count). The maximum atomic E-state index is 12.2. The Morgan fingerprint density at radius 3 is 2.71 bits per heavy atom. The number of hydrogen-bond donors (Lipinski definition) is 3. The van der Waals surface area contributed by atoms with Gasteiger partial charge in [-0.25, -0.2) is 0 Å². The first kappa shape index (κ1) is 16.8. The van der Waals surface area contributed by atoms with Gasteiger partial charge in [0.25, 0.3) is 0 Å². The maximum Gasteiger partial charge on any atom is 0.302 e. The highest BCUT2D eigenvalue weighted by Crippen LogP contribution is 2.88. The van der Waals surface area contributed by atoms with Gasteiger partial charge in [0.15, 0.2) is 0 Å². The van der Waals surface area contributed by atoms with Crippen molar-refractivity contribution in [2.24, 2.45) is 34.0 Å². The number of hydrogen-bond acceptors (Lipinski definition) is 6. The van der Waals surface area contributed by atoms with Crippen molar-refractivity contribution in [3.8, 4) is 0 Å². The minimum absolute atomic E-state index is 0.0237. The zero-order valence-corrected chi connectivity index (χ0v) is 16.5. The summed E-state index contributed by atoms with van der Waals surface area (Å²) in [5.41, 5.74) is -1.07. The predicted octanol–water partition coefficient (Wildman–Crippen LogP) is 0.450. The van der Waals surface area contributed by atoms with Crippen molar-refractivity contribution in [2.75, 3.05) is 6.54 Å². The highest BCUT2D eigenvalue weighted by atomic mass is 16.5. The fraction of sp³-hybridized carbons (Fsp3) is 0.864. The Hall–Kier alpha value is -0.950. The van der Waals surface area contributed by atoms with E-state index >= 15 is 0 Å². The van der Waals surface area contributed by atoms with Crippen LogP contribution in [0.5, 0.6) is 0 Å². The first-order valence-electron chi connectivity index (χ1n) is 10.8. The van der Waals surface area contributed by atoms with Crippen LogP contribution >= 0.6 is 0 Å². The average molecular weight is 387 g/mol. The number of aliphatic hydroxyl groups is 3. The van der Waals surface area contributed by atoms with Crippen LogP contribution in [0.1, 0.15) is 39.5 Å². The molecule has 0 radical (unpaired) electrons. The monoisotopic (exact) mass is 387 g/mol. The van der Waals surface area contributed by atoms with E-state index in [4.69, 9.17) is 4.74 Å². The summed E-state index contributed by atoms with van der Waals surface area (Å²) in [6.07, 6.45) is 1.27. The highest BCUT2D eigenvalue weighted by molar-refractivity contribution is 5.66. The van der Waals surface area contributed by atoms with Crippen LogP contribution in [-0.4, -0.2) is 68.7 Å². The molecule has 9 bridgehead atoms. The summed E-state index contributed by atoms with van der Waals surface area (Å²) >= 11 is 0. The summed E-state index contributed by atoms with van der Waals surface area (Å²) in [5.74, 6) is -0.379. The summed E-state index contributed by atoms with van der Waals surface area (Å²) in [6.45, 7) is 8.85. The molecule has 13 atom stereocenters. The molecule has 6 nitrogen and oxygen atoms in total. The van der Waals surface area contributed by atoms with Gasteiger partial charge in [0.1, 0.15) is 11.7 Å². The molecule has 9 aliphatic rings. The number of esters is 1. The van der Waals surface area contributed by atoms with E-state index in [-0.39, 0.29) is 34.9 Å². The standard InChI is InChI=1S/C22H29NO5/c1-9-4-20-7-12-15-19(3)5-11(28-10(2)24)6-21(15)16(20)14(25)13(9)17(26)22(20,27)18(21)23(12)8-19/h11-18,25-27H,1,4-8H2,2-3H3/t11-,12+,13-,14-,15-,16+,17+,18+,19+,20-,21-,22+/m1/s1. The van der Waals surface area contributed by atoms with E-state index in [0.29, 0.717) is 24.8 Å². The van der Waals surface area contributed by atoms with E-state index < -0.39 is 29.1 Å². The minimum atomic E-state index is -1.20. The molecule has 0 amide bonds. The third kappa shape index (κ3) is 1.26. The molecule has 0 aromatic heterocycles. The second kappa shape index (κ2) is 4.25. The second-order valence-electron chi connectivity index (χ2n) is 11.5. The lowest BCUT2D eigenvalue weighted by atomic mass is 9.39. The van der Waals surface area contributed by atoms with Crippen LogP contribution in [0, 0.1) is 34.0 Å². The number of carbonyl (C=O) groups is 1. The van der Waals surface area contributed by atoms with Gasteiger partial charge in [-0.05, 0) is 37.0 Å². The van der Waals surface area contributed by atoms with Crippen molar-refractivity contribution in [2.45, 2.75) is 75.5 Å². The van der Waals surface area contributed by atoms with Crippen LogP contribution in [0.4, 0.5) is 0 Å². The number of aliphatic hydroxyl groups excluding tert-OH is 2. The molecular formula is C22H29NO5. The lowest BCUT2D eigenvalue weighted by Crippen LogP contribution is -2.76. The van der Waals surface area contributed by atoms with Crippen LogP contribution in [0.3, 0.4) is 0 Å². The summed E-state index contributed by atoms with van der Waals surface area (Å²) < 4.78 is 5.75. The number of rotatable bonds is 1. The van der Waals surface area contributed by atoms with Crippen LogP contribution in [0.25, 0.3) is 0 Å². The Balaban J connectivity index is 1.49. The quantitative estimate of drug-likeness (QED) is 0.447. The Morgan fingerprint density at radius 2 is 2.00 bits per heavy atom. The van der Waals surface area contributed by atoms with E-state index in [1.54, 1.807) is 0 Å². The molecule has 3 heterocycles. The molecule has 3 aliphatic heterocycles. The third-order valence-electron chi connectivity index (χ3n) is 10.6. The first-order valence-corrected chi connectivity index (χ1v) is 10.8. The third-order valence-corrected chi connectivity index (χ3v) is 10.6. The fourth-order valence-electron chi connectivity index (χ4n) is 11.0. The van der Waals surface area contributed by atoms with Crippen molar-refractivity contribution < 1.29 is 24.9 Å². The van der Waals surface area contributed by atoms with Crippen molar-refractivity contribution in [3.63, 3.8) is 0 Å². The lowest BCUT2D eigenvalue weighted by molar-refractivity contribution is -0.280. The van der Waals surface area contributed by atoms with E-state index in [9.17, 15) is 20.1 Å². The highest BCUT2D eigenvalue weighted by Gasteiger charge is 2.94. The van der Waals surface area contributed by atoms with Gasteiger partial charge in [0.2, 0.25) is 0 Å². The van der Waals surface area contributed by atoms with Gasteiger partial charge >= 0.3 is 5.97 Å². The first-order chi connectivity index (χ1) is 13.1. The molecule has 152 valence electrons. The Bertz CT molecular complexity index is 860. The maximum absolute atomic E-state index is 12.2. The summed E-state index contributed by atoms with van der Waals surface area (Å²) in [5, 5.41) is 35.1. The average Bonchev–Trinajstić information content (AvgIpc) is 2.97. The minimum Gasteiger partial charge on any atom is -0.463 e. The molecule has 3 N–H and O–H groups in total. The van der Waals surface area contributed by atoms with Gasteiger partial charge in [-0.1, -0.05) is 19.1 Å². The number of carbonyl (C=O) groups excluding carboxylic acids is 1. The van der Waals surface area contributed by atoms with Crippen molar-refractivity contribution >= 4 is 5.97 Å². The smallest absolute Gasteiger partial charge is 0.302 e. The zero-order chi connectivity index (χ0) is 19.6. The van der Waals surface area contributed by atoms with Gasteiger partial charge in [-0.15, -0.1) is 0 Å². The van der Waals surface area contributed by atoms with Gasteiger partial charge in [0.05, 0.1) is 12.2 Å². The molecule has 6 aliphatic carbocycles. The number of fused-ring (bicyclic) bond motifs is 1. The largest absolute Gasteiger partial charge is 0.463 e. The Labute approximate surface area is 164 Å². The number of ether oxygens (including phenoxy) is 1. The van der Waals surface area contributed by atoms with Crippen LogP contribution in [0.2, 0.25) is 0 Å². The van der Waals surface area contributed by atoms with Crippen molar-refractivity contribution in [1.29, 1.82) is 0 Å². The van der Waals surface area contributed by atoms with Crippen LogP contribution in [0.15, 0.2) is 12.2 Å². The van der Waals surface area contributed by atoms with Crippen LogP contribution in [-0.2, 0) is 9.53 Å². The van der Waals surface area contributed by atoms with Gasteiger partial charge < -0.3 is 20.1 Å². The summed E-state index contributed by atoms with van der Waals surface area (Å²) in [7, 11) is 0. The molecular weight excluding hydrogens is 358 g/mol. The molecule has 2 spiro atoms. The number of nitrogens with zero attached hydrogens (tertiary/aromatic N) is 1. The Morgan fingerprint density at radius 1 is 1.25 bits per heavy atom. The van der Waals surface area contributed by atoms with Gasteiger partial charge in [-0.3, -0.25) is 9.69 Å². The Kier molecular flexibility index (Phi) is 2.55. The molecule has 3 saturated heterocycles. The normalized spacial score (nSPS) is 69.3. The lowest BCUT2D eigenvalue weighted by Gasteiger charge is -2.67. The SMILES string of the molecule is C=C1C[C@@]23C[C@H]4[C@@H]5[C@@]6(C)C[C@@H](OC(C)=O)C[C@]57[C@H]2[C@H](O)[C@@H]1[C@H](O)[C@]3(O)[C@H]7N4C6. The number of piperidine rings is 2. The van der Waals surface area contributed by atoms with Crippen molar-refractivity contribution in [3.05, 3.63) is 12.2 Å². The van der Waals surface area contributed by atoms with Gasteiger partial charge in [0, 0.05) is 48.2 Å². The second-order valence-corrected chi connectivity index (χ2v) is 11.5. The predicted molar refractivity (Wildman–Crippen MR) is 97.9 cm³/mol. The molecule has 1 unspecified atom stereocenters. The molecule has 6 heteroatoms.